The Kier molecular flexibility index (Phi) is 4.70. The standard InChI is InChI=1S/C19H14ClN5OS/c1-25-17(10-15(24-25)12-6-2-3-7-13(12)20)18(26)23-19-22-16(11-27-19)14-8-4-5-9-21-14/h2-11H,1H3,(H,22,23,26). The summed E-state index contributed by atoms with van der Waals surface area (Å²) < 4.78 is 1.53. The zero-order valence-electron chi connectivity index (χ0n) is 14.3. The number of hydrogen-bond acceptors (Lipinski definition) is 5. The van der Waals surface area contributed by atoms with Gasteiger partial charge >= 0.3 is 0 Å². The van der Waals surface area contributed by atoms with Crippen LogP contribution in [0.2, 0.25) is 5.02 Å². The predicted octanol–water partition coefficient (Wildman–Crippen LogP) is 4.51. The summed E-state index contributed by atoms with van der Waals surface area (Å²) in [6.07, 6.45) is 1.71. The van der Waals surface area contributed by atoms with E-state index < -0.39 is 0 Å². The topological polar surface area (TPSA) is 72.7 Å². The summed E-state index contributed by atoms with van der Waals surface area (Å²) >= 11 is 7.57. The first-order valence-electron chi connectivity index (χ1n) is 8.09. The summed E-state index contributed by atoms with van der Waals surface area (Å²) in [6.45, 7) is 0. The van der Waals surface area contributed by atoms with Crippen LogP contribution < -0.4 is 5.32 Å². The number of halogens is 1. The van der Waals surface area contributed by atoms with Crippen molar-refractivity contribution < 1.29 is 4.79 Å². The Balaban J connectivity index is 1.56. The lowest BCUT2D eigenvalue weighted by atomic mass is 10.1. The quantitative estimate of drug-likeness (QED) is 0.551. The van der Waals surface area contributed by atoms with Crippen LogP contribution in [0.15, 0.2) is 60.1 Å². The Labute approximate surface area is 164 Å². The highest BCUT2D eigenvalue weighted by Gasteiger charge is 2.17. The van der Waals surface area contributed by atoms with Gasteiger partial charge in [-0.3, -0.25) is 19.8 Å². The lowest BCUT2D eigenvalue weighted by molar-refractivity contribution is 0.101. The number of aryl methyl sites for hydroxylation is 1. The fourth-order valence-corrected chi connectivity index (χ4v) is 3.54. The van der Waals surface area contributed by atoms with Crippen molar-refractivity contribution in [2.45, 2.75) is 0 Å². The third kappa shape index (κ3) is 3.60. The van der Waals surface area contributed by atoms with E-state index >= 15 is 0 Å². The summed E-state index contributed by atoms with van der Waals surface area (Å²) in [7, 11) is 1.72. The molecule has 0 bridgehead atoms. The van der Waals surface area contributed by atoms with Crippen molar-refractivity contribution in [1.82, 2.24) is 19.7 Å². The second kappa shape index (κ2) is 7.30. The number of pyridine rings is 1. The molecule has 0 atom stereocenters. The maximum Gasteiger partial charge on any atom is 0.275 e. The normalized spacial score (nSPS) is 10.7. The van der Waals surface area contributed by atoms with E-state index in [4.69, 9.17) is 11.6 Å². The van der Waals surface area contributed by atoms with E-state index in [1.807, 2.05) is 41.8 Å². The van der Waals surface area contributed by atoms with Gasteiger partial charge in [0.1, 0.15) is 11.4 Å². The molecule has 0 radical (unpaired) electrons. The molecule has 6 nitrogen and oxygen atoms in total. The van der Waals surface area contributed by atoms with Crippen molar-refractivity contribution >= 4 is 34.0 Å². The molecule has 3 heterocycles. The van der Waals surface area contributed by atoms with Crippen LogP contribution in [0.3, 0.4) is 0 Å². The Morgan fingerprint density at radius 2 is 1.93 bits per heavy atom. The monoisotopic (exact) mass is 395 g/mol. The molecule has 134 valence electrons. The van der Waals surface area contributed by atoms with E-state index in [1.165, 1.54) is 16.0 Å². The molecule has 1 aromatic carbocycles. The third-order valence-corrected chi connectivity index (χ3v) is 5.00. The van der Waals surface area contributed by atoms with Crippen molar-refractivity contribution in [2.75, 3.05) is 5.32 Å². The van der Waals surface area contributed by atoms with Gasteiger partial charge in [0.05, 0.1) is 16.4 Å². The second-order valence-corrected chi connectivity index (χ2v) is 6.99. The number of nitrogens with one attached hydrogen (secondary N) is 1. The van der Waals surface area contributed by atoms with Crippen LogP contribution in [0, 0.1) is 0 Å². The Morgan fingerprint density at radius 3 is 2.70 bits per heavy atom. The van der Waals surface area contributed by atoms with Crippen LogP contribution in [-0.2, 0) is 7.05 Å². The van der Waals surface area contributed by atoms with Crippen molar-refractivity contribution in [2.24, 2.45) is 7.05 Å². The highest BCUT2D eigenvalue weighted by molar-refractivity contribution is 7.14. The highest BCUT2D eigenvalue weighted by atomic mass is 35.5. The molecule has 27 heavy (non-hydrogen) atoms. The Bertz CT molecular complexity index is 1110. The summed E-state index contributed by atoms with van der Waals surface area (Å²) in [5.74, 6) is -0.287. The number of aromatic nitrogens is 4. The molecule has 0 saturated heterocycles. The number of anilines is 1. The first-order valence-corrected chi connectivity index (χ1v) is 9.35. The minimum Gasteiger partial charge on any atom is -0.296 e. The molecule has 0 saturated carbocycles. The van der Waals surface area contributed by atoms with Crippen LogP contribution in [0.5, 0.6) is 0 Å². The fraction of sp³-hybridized carbons (Fsp3) is 0.0526. The number of nitrogens with zero attached hydrogens (tertiary/aromatic N) is 4. The number of benzene rings is 1. The van der Waals surface area contributed by atoms with Crippen LogP contribution in [0.4, 0.5) is 5.13 Å². The fourth-order valence-electron chi connectivity index (χ4n) is 2.60. The van der Waals surface area contributed by atoms with Gasteiger partial charge in [0.15, 0.2) is 5.13 Å². The molecule has 0 aliphatic heterocycles. The van der Waals surface area contributed by atoms with Gasteiger partial charge in [0.25, 0.3) is 5.91 Å². The molecule has 1 amide bonds. The molecule has 0 aliphatic carbocycles. The summed E-state index contributed by atoms with van der Waals surface area (Å²) in [5, 5.41) is 10.2. The van der Waals surface area contributed by atoms with Crippen LogP contribution in [0.1, 0.15) is 10.5 Å². The molecule has 0 unspecified atom stereocenters. The minimum atomic E-state index is -0.287. The zero-order valence-corrected chi connectivity index (χ0v) is 15.8. The average Bonchev–Trinajstić information content (AvgIpc) is 3.29. The number of carbonyl (C=O) groups excluding carboxylic acids is 1. The van der Waals surface area contributed by atoms with Crippen LogP contribution in [-0.4, -0.2) is 25.7 Å². The molecule has 4 aromatic rings. The van der Waals surface area contributed by atoms with Gasteiger partial charge in [-0.1, -0.05) is 35.9 Å². The van der Waals surface area contributed by atoms with Crippen molar-refractivity contribution in [3.63, 3.8) is 0 Å². The number of rotatable bonds is 4. The van der Waals surface area contributed by atoms with Gasteiger partial charge in [-0.05, 0) is 24.3 Å². The first kappa shape index (κ1) is 17.4. The van der Waals surface area contributed by atoms with Crippen LogP contribution in [0.25, 0.3) is 22.6 Å². The van der Waals surface area contributed by atoms with Gasteiger partial charge in [0.2, 0.25) is 0 Å². The van der Waals surface area contributed by atoms with E-state index in [0.717, 1.165) is 17.0 Å². The van der Waals surface area contributed by atoms with E-state index in [2.05, 4.69) is 20.4 Å². The largest absolute Gasteiger partial charge is 0.296 e. The summed E-state index contributed by atoms with van der Waals surface area (Å²) in [5.41, 5.74) is 3.31. The average molecular weight is 396 g/mol. The third-order valence-electron chi connectivity index (χ3n) is 3.91. The predicted molar refractivity (Wildman–Crippen MR) is 107 cm³/mol. The van der Waals surface area contributed by atoms with Crippen LogP contribution >= 0.6 is 22.9 Å². The number of amides is 1. The van der Waals surface area contributed by atoms with E-state index in [-0.39, 0.29) is 5.91 Å². The number of carbonyl (C=O) groups is 1. The lowest BCUT2D eigenvalue weighted by Crippen LogP contribution is -2.15. The number of hydrogen-bond donors (Lipinski definition) is 1. The Hall–Kier alpha value is -3.03. The van der Waals surface area contributed by atoms with Gasteiger partial charge in [0, 0.05) is 24.2 Å². The summed E-state index contributed by atoms with van der Waals surface area (Å²) in [4.78, 5) is 21.3. The Morgan fingerprint density at radius 1 is 1.11 bits per heavy atom. The van der Waals surface area contributed by atoms with E-state index in [1.54, 1.807) is 25.4 Å². The minimum absolute atomic E-state index is 0.287. The van der Waals surface area contributed by atoms with Crippen molar-refractivity contribution in [3.8, 4) is 22.6 Å². The van der Waals surface area contributed by atoms with Gasteiger partial charge in [-0.2, -0.15) is 5.10 Å². The lowest BCUT2D eigenvalue weighted by Gasteiger charge is -2.01. The molecular formula is C19H14ClN5OS. The molecule has 0 aliphatic rings. The summed E-state index contributed by atoms with van der Waals surface area (Å²) in [6, 6.07) is 14.7. The highest BCUT2D eigenvalue weighted by Crippen LogP contribution is 2.28. The van der Waals surface area contributed by atoms with Crippen molar-refractivity contribution in [3.05, 3.63) is 70.8 Å². The molecule has 8 heteroatoms. The molecule has 0 fully saturated rings. The smallest absolute Gasteiger partial charge is 0.275 e. The molecule has 3 aromatic heterocycles. The molecule has 4 rings (SSSR count). The SMILES string of the molecule is Cn1nc(-c2ccccc2Cl)cc1C(=O)Nc1nc(-c2ccccn2)cs1. The van der Waals surface area contributed by atoms with Gasteiger partial charge < -0.3 is 0 Å². The maximum absolute atomic E-state index is 12.7. The van der Waals surface area contributed by atoms with Gasteiger partial charge in [-0.25, -0.2) is 4.98 Å². The zero-order chi connectivity index (χ0) is 18.8. The van der Waals surface area contributed by atoms with E-state index in [0.29, 0.717) is 21.5 Å². The van der Waals surface area contributed by atoms with Crippen molar-refractivity contribution in [1.29, 1.82) is 0 Å². The molecule has 0 spiro atoms. The maximum atomic E-state index is 12.7. The number of thiazole rings is 1. The first-order chi connectivity index (χ1) is 13.1. The molecular weight excluding hydrogens is 382 g/mol. The van der Waals surface area contributed by atoms with Gasteiger partial charge in [-0.15, -0.1) is 11.3 Å². The molecule has 1 N–H and O–H groups in total. The van der Waals surface area contributed by atoms with E-state index in [9.17, 15) is 4.79 Å². The second-order valence-electron chi connectivity index (χ2n) is 5.73.